The topological polar surface area (TPSA) is 121 Å². The standard InChI is InChI=1S/C9H10ClN3O4/c10-6-3-5(1-2-8(6)13(15)16)17-4-7(11)9(12)14/h1-3,7H,4,11H2,(H2,12,14). The van der Waals surface area contributed by atoms with Crippen LogP contribution in [0.5, 0.6) is 5.75 Å². The van der Waals surface area contributed by atoms with E-state index in [4.69, 9.17) is 27.8 Å². The van der Waals surface area contributed by atoms with E-state index >= 15 is 0 Å². The minimum Gasteiger partial charge on any atom is -0.491 e. The second kappa shape index (κ2) is 5.46. The molecule has 8 heteroatoms. The van der Waals surface area contributed by atoms with E-state index in [0.717, 1.165) is 0 Å². The molecule has 17 heavy (non-hydrogen) atoms. The van der Waals surface area contributed by atoms with Gasteiger partial charge in [0, 0.05) is 12.1 Å². The number of nitrogens with zero attached hydrogens (tertiary/aromatic N) is 1. The number of nitrogens with two attached hydrogens (primary N) is 2. The number of carbonyl (C=O) groups excluding carboxylic acids is 1. The maximum atomic E-state index is 10.6. The molecule has 1 amide bonds. The normalized spacial score (nSPS) is 11.9. The Morgan fingerprint density at radius 1 is 1.59 bits per heavy atom. The number of hydrogen-bond donors (Lipinski definition) is 2. The van der Waals surface area contributed by atoms with Gasteiger partial charge in [-0.25, -0.2) is 0 Å². The Labute approximate surface area is 101 Å². The van der Waals surface area contributed by atoms with E-state index in [-0.39, 0.29) is 23.1 Å². The second-order valence-corrected chi connectivity index (χ2v) is 3.60. The van der Waals surface area contributed by atoms with Crippen molar-refractivity contribution in [1.82, 2.24) is 0 Å². The van der Waals surface area contributed by atoms with Gasteiger partial charge in [-0.2, -0.15) is 0 Å². The van der Waals surface area contributed by atoms with Crippen LogP contribution in [0.2, 0.25) is 5.02 Å². The van der Waals surface area contributed by atoms with Crippen molar-refractivity contribution >= 4 is 23.2 Å². The fourth-order valence-electron chi connectivity index (χ4n) is 0.994. The fraction of sp³-hybridized carbons (Fsp3) is 0.222. The Morgan fingerprint density at radius 2 is 2.24 bits per heavy atom. The van der Waals surface area contributed by atoms with Crippen LogP contribution in [-0.2, 0) is 4.79 Å². The van der Waals surface area contributed by atoms with Gasteiger partial charge < -0.3 is 16.2 Å². The van der Waals surface area contributed by atoms with Crippen LogP contribution in [0.25, 0.3) is 0 Å². The van der Waals surface area contributed by atoms with Crippen LogP contribution in [0.1, 0.15) is 0 Å². The number of halogens is 1. The highest BCUT2D eigenvalue weighted by Gasteiger charge is 2.14. The van der Waals surface area contributed by atoms with Gasteiger partial charge in [-0.1, -0.05) is 11.6 Å². The highest BCUT2D eigenvalue weighted by molar-refractivity contribution is 6.32. The quantitative estimate of drug-likeness (QED) is 0.587. The average molecular weight is 260 g/mol. The Kier molecular flexibility index (Phi) is 4.24. The van der Waals surface area contributed by atoms with E-state index in [9.17, 15) is 14.9 Å². The van der Waals surface area contributed by atoms with Crippen molar-refractivity contribution in [2.24, 2.45) is 11.5 Å². The Hall–Kier alpha value is -1.86. The summed E-state index contributed by atoms with van der Waals surface area (Å²) in [5, 5.41) is 10.4. The van der Waals surface area contributed by atoms with E-state index in [0.29, 0.717) is 0 Å². The van der Waals surface area contributed by atoms with Crippen molar-refractivity contribution in [1.29, 1.82) is 0 Å². The molecule has 0 aliphatic carbocycles. The molecular formula is C9H10ClN3O4. The molecule has 0 heterocycles. The third-order valence-corrected chi connectivity index (χ3v) is 2.21. The van der Waals surface area contributed by atoms with E-state index in [1.54, 1.807) is 0 Å². The van der Waals surface area contributed by atoms with Crippen molar-refractivity contribution in [2.75, 3.05) is 6.61 Å². The number of benzene rings is 1. The lowest BCUT2D eigenvalue weighted by Crippen LogP contribution is -2.41. The van der Waals surface area contributed by atoms with E-state index in [2.05, 4.69) is 0 Å². The molecule has 1 aromatic carbocycles. The van der Waals surface area contributed by atoms with Crippen LogP contribution in [0.3, 0.4) is 0 Å². The first-order valence-corrected chi connectivity index (χ1v) is 4.91. The molecule has 92 valence electrons. The molecule has 0 spiro atoms. The minimum absolute atomic E-state index is 0.0554. The summed E-state index contributed by atoms with van der Waals surface area (Å²) in [6.07, 6.45) is 0. The van der Waals surface area contributed by atoms with E-state index < -0.39 is 16.9 Å². The van der Waals surface area contributed by atoms with Gasteiger partial charge in [0.15, 0.2) is 0 Å². The molecule has 0 aliphatic rings. The van der Waals surface area contributed by atoms with Gasteiger partial charge >= 0.3 is 0 Å². The van der Waals surface area contributed by atoms with Crippen LogP contribution in [0.4, 0.5) is 5.69 Å². The SMILES string of the molecule is NC(=O)C(N)COc1ccc([N+](=O)[O-])c(Cl)c1. The molecule has 0 saturated carbocycles. The van der Waals surface area contributed by atoms with Gasteiger partial charge in [-0.3, -0.25) is 14.9 Å². The predicted molar refractivity (Wildman–Crippen MR) is 60.8 cm³/mol. The third-order valence-electron chi connectivity index (χ3n) is 1.91. The minimum atomic E-state index is -0.941. The largest absolute Gasteiger partial charge is 0.491 e. The predicted octanol–water partition coefficient (Wildman–Crippen LogP) is 0.440. The summed E-state index contributed by atoms with van der Waals surface area (Å²) in [6.45, 7) is -0.122. The monoisotopic (exact) mass is 259 g/mol. The Bertz CT molecular complexity index is 452. The van der Waals surface area contributed by atoms with Gasteiger partial charge in [-0.05, 0) is 6.07 Å². The first-order chi connectivity index (χ1) is 7.91. The summed E-state index contributed by atoms with van der Waals surface area (Å²) in [5.41, 5.74) is 10.1. The smallest absolute Gasteiger partial charge is 0.288 e. The zero-order valence-corrected chi connectivity index (χ0v) is 9.39. The Morgan fingerprint density at radius 3 is 2.71 bits per heavy atom. The average Bonchev–Trinajstić information content (AvgIpc) is 2.25. The number of nitro benzene ring substituents is 1. The van der Waals surface area contributed by atoms with Crippen molar-refractivity contribution in [3.63, 3.8) is 0 Å². The number of nitro groups is 1. The number of rotatable bonds is 5. The molecule has 7 nitrogen and oxygen atoms in total. The molecule has 0 radical (unpaired) electrons. The van der Waals surface area contributed by atoms with Crippen molar-refractivity contribution < 1.29 is 14.5 Å². The number of hydrogen-bond acceptors (Lipinski definition) is 5. The molecule has 1 aromatic rings. The summed E-state index contributed by atoms with van der Waals surface area (Å²) < 4.78 is 5.11. The summed E-state index contributed by atoms with van der Waals surface area (Å²) >= 11 is 5.66. The molecule has 0 bridgehead atoms. The Balaban J connectivity index is 2.71. The summed E-state index contributed by atoms with van der Waals surface area (Å²) in [4.78, 5) is 20.5. The second-order valence-electron chi connectivity index (χ2n) is 3.19. The van der Waals surface area contributed by atoms with Crippen LogP contribution < -0.4 is 16.2 Å². The van der Waals surface area contributed by atoms with Crippen LogP contribution >= 0.6 is 11.6 Å². The maximum absolute atomic E-state index is 10.6. The molecule has 1 atom stereocenters. The summed E-state index contributed by atoms with van der Waals surface area (Å²) in [7, 11) is 0. The fourth-order valence-corrected chi connectivity index (χ4v) is 1.23. The summed E-state index contributed by atoms with van der Waals surface area (Å²) in [5.74, 6) is -0.421. The van der Waals surface area contributed by atoms with E-state index in [1.165, 1.54) is 18.2 Å². The lowest BCUT2D eigenvalue weighted by molar-refractivity contribution is -0.384. The first-order valence-electron chi connectivity index (χ1n) is 4.53. The number of carbonyl (C=O) groups is 1. The summed E-state index contributed by atoms with van der Waals surface area (Å²) in [6, 6.07) is 2.89. The van der Waals surface area contributed by atoms with Crippen molar-refractivity contribution in [2.45, 2.75) is 6.04 Å². The lowest BCUT2D eigenvalue weighted by atomic mass is 10.3. The van der Waals surface area contributed by atoms with Gasteiger partial charge in [-0.15, -0.1) is 0 Å². The molecule has 0 aromatic heterocycles. The van der Waals surface area contributed by atoms with Crippen molar-refractivity contribution in [3.8, 4) is 5.75 Å². The molecule has 1 rings (SSSR count). The van der Waals surface area contributed by atoms with Crippen LogP contribution in [-0.4, -0.2) is 23.5 Å². The van der Waals surface area contributed by atoms with Gasteiger partial charge in [0.05, 0.1) is 4.92 Å². The molecule has 0 fully saturated rings. The number of ether oxygens (including phenoxy) is 1. The highest BCUT2D eigenvalue weighted by atomic mass is 35.5. The maximum Gasteiger partial charge on any atom is 0.288 e. The van der Waals surface area contributed by atoms with Gasteiger partial charge in [0.25, 0.3) is 5.69 Å². The molecule has 4 N–H and O–H groups in total. The van der Waals surface area contributed by atoms with Crippen LogP contribution in [0.15, 0.2) is 18.2 Å². The zero-order chi connectivity index (χ0) is 13.0. The van der Waals surface area contributed by atoms with Gasteiger partial charge in [0.2, 0.25) is 5.91 Å². The van der Waals surface area contributed by atoms with Crippen LogP contribution in [0, 0.1) is 10.1 Å². The lowest BCUT2D eigenvalue weighted by Gasteiger charge is -2.09. The molecule has 1 unspecified atom stereocenters. The first kappa shape index (κ1) is 13.2. The number of primary amides is 1. The van der Waals surface area contributed by atoms with E-state index in [1.807, 2.05) is 0 Å². The highest BCUT2D eigenvalue weighted by Crippen LogP contribution is 2.28. The number of amides is 1. The third kappa shape index (κ3) is 3.58. The molecular weight excluding hydrogens is 250 g/mol. The van der Waals surface area contributed by atoms with Gasteiger partial charge in [0.1, 0.15) is 23.4 Å². The molecule has 0 saturated heterocycles. The zero-order valence-electron chi connectivity index (χ0n) is 8.63. The molecule has 0 aliphatic heterocycles. The van der Waals surface area contributed by atoms with Crippen molar-refractivity contribution in [3.05, 3.63) is 33.3 Å².